The molecule has 0 saturated carbocycles. The molecule has 0 saturated heterocycles. The van der Waals surface area contributed by atoms with E-state index in [2.05, 4.69) is 10.1 Å². The van der Waals surface area contributed by atoms with Gasteiger partial charge >= 0.3 is 0 Å². The first kappa shape index (κ1) is 15.3. The van der Waals surface area contributed by atoms with E-state index in [-0.39, 0.29) is 0 Å². The van der Waals surface area contributed by atoms with Gasteiger partial charge in [-0.05, 0) is 31.5 Å². The molecule has 0 spiro atoms. The molecule has 0 atom stereocenters. The summed E-state index contributed by atoms with van der Waals surface area (Å²) in [6.07, 6.45) is 2.39. The van der Waals surface area contributed by atoms with Crippen LogP contribution >= 0.6 is 0 Å². The third kappa shape index (κ3) is 2.40. The van der Waals surface area contributed by atoms with Gasteiger partial charge in [0.1, 0.15) is 0 Å². The van der Waals surface area contributed by atoms with Crippen molar-refractivity contribution in [3.05, 3.63) is 59.0 Å². The zero-order valence-corrected chi connectivity index (χ0v) is 14.4. The van der Waals surface area contributed by atoms with Gasteiger partial charge in [0.05, 0.1) is 16.3 Å². The Morgan fingerprint density at radius 2 is 2.00 bits per heavy atom. The fourth-order valence-electron chi connectivity index (χ4n) is 3.16. The van der Waals surface area contributed by atoms with Crippen LogP contribution < -0.4 is 0 Å². The van der Waals surface area contributed by atoms with Gasteiger partial charge in [-0.15, -0.1) is 0 Å². The van der Waals surface area contributed by atoms with Gasteiger partial charge in [-0.25, -0.2) is 17.9 Å². The fourth-order valence-corrected chi connectivity index (χ4v) is 4.68. The van der Waals surface area contributed by atoms with Gasteiger partial charge in [-0.1, -0.05) is 12.1 Å². The molecule has 7 heteroatoms. The molecule has 0 N–H and O–H groups in total. The highest BCUT2D eigenvalue weighted by Crippen LogP contribution is 2.25. The summed E-state index contributed by atoms with van der Waals surface area (Å²) in [6.45, 7) is 4.60. The highest BCUT2D eigenvalue weighted by atomic mass is 32.2. The molecule has 0 unspecified atom stereocenters. The number of hydrogen-bond acceptors (Lipinski definition) is 4. The van der Waals surface area contributed by atoms with Crippen molar-refractivity contribution in [1.29, 1.82) is 0 Å². The lowest BCUT2D eigenvalue weighted by molar-refractivity contribution is 0.384. The van der Waals surface area contributed by atoms with Crippen molar-refractivity contribution in [2.75, 3.05) is 6.54 Å². The van der Waals surface area contributed by atoms with Crippen LogP contribution in [-0.2, 0) is 23.0 Å². The number of nitrogens with zero attached hydrogens (tertiary/aromatic N) is 4. The van der Waals surface area contributed by atoms with Crippen LogP contribution in [0.2, 0.25) is 0 Å². The standard InChI is InChI=1S/C17H18N4O2S/c1-12-4-3-5-15(8-12)24(22,23)20-7-6-16-14(11-20)10-18-17-9-13(2)19-21(16)17/h3-5,8-10H,6-7,11H2,1-2H3. The predicted octanol–water partition coefficient (Wildman–Crippen LogP) is 2.09. The molecule has 3 aromatic rings. The van der Waals surface area contributed by atoms with E-state index in [1.54, 1.807) is 24.4 Å². The van der Waals surface area contributed by atoms with Crippen LogP contribution in [0, 0.1) is 13.8 Å². The molecule has 4 rings (SSSR count). The van der Waals surface area contributed by atoms with Gasteiger partial charge in [0.15, 0.2) is 5.65 Å². The third-order valence-electron chi connectivity index (χ3n) is 4.36. The first-order valence-corrected chi connectivity index (χ1v) is 9.29. The first-order chi connectivity index (χ1) is 11.4. The lowest BCUT2D eigenvalue weighted by atomic mass is 10.1. The molecule has 2 aromatic heterocycles. The minimum atomic E-state index is -3.50. The van der Waals surface area contributed by atoms with Crippen molar-refractivity contribution in [2.24, 2.45) is 0 Å². The highest BCUT2D eigenvalue weighted by Gasteiger charge is 2.29. The van der Waals surface area contributed by atoms with E-state index in [1.807, 2.05) is 30.5 Å². The molecular formula is C17H18N4O2S. The lowest BCUT2D eigenvalue weighted by Gasteiger charge is -2.28. The van der Waals surface area contributed by atoms with Crippen molar-refractivity contribution in [3.8, 4) is 0 Å². The number of hydrogen-bond donors (Lipinski definition) is 0. The zero-order chi connectivity index (χ0) is 16.9. The van der Waals surface area contributed by atoms with E-state index in [0.717, 1.165) is 28.2 Å². The summed E-state index contributed by atoms with van der Waals surface area (Å²) in [7, 11) is -3.50. The summed E-state index contributed by atoms with van der Waals surface area (Å²) < 4.78 is 29.2. The van der Waals surface area contributed by atoms with Crippen LogP contribution in [0.4, 0.5) is 0 Å². The van der Waals surface area contributed by atoms with Gasteiger partial charge in [0.2, 0.25) is 10.0 Å². The second kappa shape index (κ2) is 5.39. The van der Waals surface area contributed by atoms with Gasteiger partial charge in [0.25, 0.3) is 0 Å². The molecule has 1 aliphatic rings. The number of rotatable bonds is 2. The molecule has 24 heavy (non-hydrogen) atoms. The van der Waals surface area contributed by atoms with E-state index in [9.17, 15) is 8.42 Å². The minimum absolute atomic E-state index is 0.327. The summed E-state index contributed by atoms with van der Waals surface area (Å²) in [5.74, 6) is 0. The first-order valence-electron chi connectivity index (χ1n) is 7.85. The smallest absolute Gasteiger partial charge is 0.237 e. The Bertz CT molecular complexity index is 1040. The highest BCUT2D eigenvalue weighted by molar-refractivity contribution is 7.89. The van der Waals surface area contributed by atoms with Gasteiger partial charge in [-0.2, -0.15) is 9.40 Å². The monoisotopic (exact) mass is 342 g/mol. The van der Waals surface area contributed by atoms with Crippen molar-refractivity contribution in [1.82, 2.24) is 18.9 Å². The Morgan fingerprint density at radius 1 is 1.17 bits per heavy atom. The summed E-state index contributed by atoms with van der Waals surface area (Å²) in [6, 6.07) is 8.96. The van der Waals surface area contributed by atoms with Crippen molar-refractivity contribution in [3.63, 3.8) is 0 Å². The summed E-state index contributed by atoms with van der Waals surface area (Å²) in [5.41, 5.74) is 4.60. The Kier molecular flexibility index (Phi) is 3.43. The number of benzene rings is 1. The Labute approximate surface area is 140 Å². The zero-order valence-electron chi connectivity index (χ0n) is 13.6. The van der Waals surface area contributed by atoms with Gasteiger partial charge in [0, 0.05) is 37.3 Å². The van der Waals surface area contributed by atoms with Crippen LogP contribution in [0.15, 0.2) is 41.4 Å². The molecule has 1 aliphatic heterocycles. The molecule has 3 heterocycles. The third-order valence-corrected chi connectivity index (χ3v) is 6.20. The molecule has 0 radical (unpaired) electrons. The second-order valence-electron chi connectivity index (χ2n) is 6.19. The Balaban J connectivity index is 1.73. The number of fused-ring (bicyclic) bond motifs is 3. The van der Waals surface area contributed by atoms with E-state index in [4.69, 9.17) is 0 Å². The topological polar surface area (TPSA) is 67.6 Å². The Hall–Kier alpha value is -2.25. The maximum atomic E-state index is 12.9. The van der Waals surface area contributed by atoms with Crippen LogP contribution in [-0.4, -0.2) is 33.9 Å². The Morgan fingerprint density at radius 3 is 2.79 bits per heavy atom. The molecule has 0 amide bonds. The number of aryl methyl sites for hydroxylation is 2. The summed E-state index contributed by atoms with van der Waals surface area (Å²) in [4.78, 5) is 4.74. The fraction of sp³-hybridized carbons (Fsp3) is 0.294. The number of sulfonamides is 1. The molecule has 0 aliphatic carbocycles. The van der Waals surface area contributed by atoms with Crippen molar-refractivity contribution in [2.45, 2.75) is 31.7 Å². The average molecular weight is 342 g/mol. The van der Waals surface area contributed by atoms with Crippen molar-refractivity contribution >= 4 is 15.7 Å². The summed E-state index contributed by atoms with van der Waals surface area (Å²) >= 11 is 0. The molecular weight excluding hydrogens is 324 g/mol. The molecule has 0 bridgehead atoms. The van der Waals surface area contributed by atoms with Crippen LogP contribution in [0.25, 0.3) is 5.65 Å². The second-order valence-corrected chi connectivity index (χ2v) is 8.13. The molecule has 1 aromatic carbocycles. The van der Waals surface area contributed by atoms with Gasteiger partial charge in [-0.3, -0.25) is 0 Å². The largest absolute Gasteiger partial charge is 0.243 e. The molecule has 124 valence electrons. The lowest BCUT2D eigenvalue weighted by Crippen LogP contribution is -2.37. The van der Waals surface area contributed by atoms with E-state index >= 15 is 0 Å². The quantitative estimate of drug-likeness (QED) is 0.715. The average Bonchev–Trinajstić information content (AvgIpc) is 2.95. The van der Waals surface area contributed by atoms with Crippen LogP contribution in [0.3, 0.4) is 0 Å². The van der Waals surface area contributed by atoms with Crippen molar-refractivity contribution < 1.29 is 8.42 Å². The van der Waals surface area contributed by atoms with Crippen LogP contribution in [0.1, 0.15) is 22.5 Å². The van der Waals surface area contributed by atoms with Crippen LogP contribution in [0.5, 0.6) is 0 Å². The maximum Gasteiger partial charge on any atom is 0.243 e. The van der Waals surface area contributed by atoms with E-state index in [1.165, 1.54) is 4.31 Å². The minimum Gasteiger partial charge on any atom is -0.237 e. The van der Waals surface area contributed by atoms with E-state index in [0.29, 0.717) is 24.4 Å². The maximum absolute atomic E-state index is 12.9. The normalized spacial score (nSPS) is 15.6. The predicted molar refractivity (Wildman–Crippen MR) is 90.2 cm³/mol. The summed E-state index contributed by atoms with van der Waals surface area (Å²) in [5, 5.41) is 4.47. The van der Waals surface area contributed by atoms with Gasteiger partial charge < -0.3 is 0 Å². The molecule has 6 nitrogen and oxygen atoms in total. The number of aromatic nitrogens is 3. The van der Waals surface area contributed by atoms with E-state index < -0.39 is 10.0 Å². The SMILES string of the molecule is Cc1cccc(S(=O)(=O)N2CCc3c(cnc4cc(C)nn34)C2)c1. The molecule has 0 fully saturated rings.